The molecule has 0 spiro atoms. The van der Waals surface area contributed by atoms with Gasteiger partial charge in [-0.05, 0) is 12.5 Å². The summed E-state index contributed by atoms with van der Waals surface area (Å²) in [7, 11) is 0. The lowest BCUT2D eigenvalue weighted by Crippen LogP contribution is -2.32. The number of ether oxygens (including phenoxy) is 1. The first-order chi connectivity index (χ1) is 10.9. The maximum atomic E-state index is 12.4. The highest BCUT2D eigenvalue weighted by Gasteiger charge is 2.26. The number of benzene rings is 1. The molecule has 0 bridgehead atoms. The van der Waals surface area contributed by atoms with Crippen LogP contribution in [0.2, 0.25) is 0 Å². The lowest BCUT2D eigenvalue weighted by atomic mass is 10.1. The zero-order chi connectivity index (χ0) is 16.7. The van der Waals surface area contributed by atoms with Crippen molar-refractivity contribution in [1.29, 1.82) is 0 Å². The van der Waals surface area contributed by atoms with E-state index in [0.717, 1.165) is 10.8 Å². The van der Waals surface area contributed by atoms with Crippen LogP contribution in [0.5, 0.6) is 5.75 Å². The van der Waals surface area contributed by atoms with Crippen LogP contribution >= 0.6 is 0 Å². The number of nitro benzene ring substituents is 1. The Bertz CT molecular complexity index is 902. The smallest absolute Gasteiger partial charge is 0.342 e. The second-order valence-corrected chi connectivity index (χ2v) is 4.88. The van der Waals surface area contributed by atoms with Crippen LogP contribution in [0.25, 0.3) is 5.69 Å². The number of hydrogen-bond acceptors (Lipinski definition) is 6. The molecule has 0 unspecified atom stereocenters. The predicted octanol–water partition coefficient (Wildman–Crippen LogP) is 1.29. The average Bonchev–Trinajstić information content (AvgIpc) is 2.52. The number of fused-ring (bicyclic) bond motifs is 3. The zero-order valence-corrected chi connectivity index (χ0v) is 12.0. The van der Waals surface area contributed by atoms with Crippen LogP contribution in [0.3, 0.4) is 0 Å². The molecular formula is C14H11N3O6. The molecule has 0 radical (unpaired) electrons. The number of hydrogen-bond donors (Lipinski definition) is 1. The molecule has 1 aliphatic heterocycles. The molecule has 0 atom stereocenters. The molecule has 3 rings (SSSR count). The van der Waals surface area contributed by atoms with Crippen molar-refractivity contribution < 1.29 is 19.6 Å². The summed E-state index contributed by atoms with van der Waals surface area (Å²) in [5.74, 6) is -1.00. The molecule has 23 heavy (non-hydrogen) atoms. The zero-order valence-electron chi connectivity index (χ0n) is 12.0. The number of nitro groups is 1. The van der Waals surface area contributed by atoms with Gasteiger partial charge in [0.25, 0.3) is 11.2 Å². The fourth-order valence-corrected chi connectivity index (χ4v) is 2.47. The van der Waals surface area contributed by atoms with E-state index < -0.39 is 22.0 Å². The fraction of sp³-hybridized carbons (Fsp3) is 0.214. The van der Waals surface area contributed by atoms with Crippen molar-refractivity contribution >= 4 is 11.7 Å². The third kappa shape index (κ3) is 2.22. The molecule has 2 aromatic rings. The first kappa shape index (κ1) is 14.7. The van der Waals surface area contributed by atoms with Gasteiger partial charge in [-0.25, -0.2) is 9.78 Å². The molecule has 1 aliphatic rings. The van der Waals surface area contributed by atoms with Crippen molar-refractivity contribution in [2.45, 2.75) is 20.0 Å². The molecule has 1 N–H and O–H groups in total. The van der Waals surface area contributed by atoms with Crippen LogP contribution in [-0.4, -0.2) is 25.6 Å². The molecular weight excluding hydrogens is 306 g/mol. The third-order valence-corrected chi connectivity index (χ3v) is 3.60. The Morgan fingerprint density at radius 1 is 1.52 bits per heavy atom. The molecule has 1 aromatic heterocycles. The number of nitrogens with zero attached hydrogens (tertiary/aromatic N) is 3. The van der Waals surface area contributed by atoms with Crippen LogP contribution in [-0.2, 0) is 13.0 Å². The van der Waals surface area contributed by atoms with Crippen molar-refractivity contribution in [2.75, 3.05) is 0 Å². The quantitative estimate of drug-likeness (QED) is 0.668. The Morgan fingerprint density at radius 3 is 2.87 bits per heavy atom. The van der Waals surface area contributed by atoms with Crippen LogP contribution in [0, 0.1) is 10.1 Å². The summed E-state index contributed by atoms with van der Waals surface area (Å²) in [6.07, 6.45) is 1.36. The van der Waals surface area contributed by atoms with Gasteiger partial charge >= 0.3 is 5.97 Å². The third-order valence-electron chi connectivity index (χ3n) is 3.60. The highest BCUT2D eigenvalue weighted by atomic mass is 16.6. The minimum absolute atomic E-state index is 0.0786. The summed E-state index contributed by atoms with van der Waals surface area (Å²) in [4.78, 5) is 38.0. The Balaban J connectivity index is 2.32. The van der Waals surface area contributed by atoms with Gasteiger partial charge in [-0.1, -0.05) is 6.92 Å². The minimum atomic E-state index is -1.39. The van der Waals surface area contributed by atoms with E-state index in [4.69, 9.17) is 9.84 Å². The first-order valence-electron chi connectivity index (χ1n) is 6.72. The molecule has 0 saturated heterocycles. The number of carbonyl (C=O) groups is 1. The van der Waals surface area contributed by atoms with Crippen LogP contribution in [0.4, 0.5) is 5.69 Å². The SMILES string of the molecule is CCc1cc2c(cc1[N+](=O)[O-])OCc1ncc(C(=O)O)c(=O)n1-2. The molecule has 0 fully saturated rings. The summed E-state index contributed by atoms with van der Waals surface area (Å²) in [6, 6.07) is 2.71. The molecule has 0 saturated carbocycles. The van der Waals surface area contributed by atoms with E-state index >= 15 is 0 Å². The van der Waals surface area contributed by atoms with Gasteiger partial charge < -0.3 is 9.84 Å². The molecule has 2 heterocycles. The van der Waals surface area contributed by atoms with Crippen molar-refractivity contribution in [3.05, 3.63) is 55.7 Å². The highest BCUT2D eigenvalue weighted by molar-refractivity contribution is 5.86. The number of rotatable bonds is 3. The summed E-state index contributed by atoms with van der Waals surface area (Å²) < 4.78 is 6.55. The minimum Gasteiger partial charge on any atom is -0.483 e. The Hall–Kier alpha value is -3.23. The lowest BCUT2D eigenvalue weighted by Gasteiger charge is -2.22. The van der Waals surface area contributed by atoms with E-state index in [1.165, 1.54) is 12.1 Å². The van der Waals surface area contributed by atoms with E-state index in [2.05, 4.69) is 4.98 Å². The van der Waals surface area contributed by atoms with Gasteiger partial charge in [0, 0.05) is 11.8 Å². The largest absolute Gasteiger partial charge is 0.483 e. The summed E-state index contributed by atoms with van der Waals surface area (Å²) in [5, 5.41) is 20.2. The number of aryl methyl sites for hydroxylation is 1. The molecule has 118 valence electrons. The fourth-order valence-electron chi connectivity index (χ4n) is 2.47. The van der Waals surface area contributed by atoms with E-state index in [-0.39, 0.29) is 29.6 Å². The molecule has 0 amide bonds. The van der Waals surface area contributed by atoms with Gasteiger partial charge in [0.1, 0.15) is 12.2 Å². The van der Waals surface area contributed by atoms with Crippen LogP contribution in [0.15, 0.2) is 23.1 Å². The standard InChI is InChI=1S/C14H11N3O6/c1-2-7-3-10-11(4-9(7)17(21)22)23-6-12-15-5-8(14(19)20)13(18)16(10)12/h3-5H,2,6H2,1H3,(H,19,20). The van der Waals surface area contributed by atoms with E-state index in [9.17, 15) is 19.7 Å². The molecule has 1 aromatic carbocycles. The van der Waals surface area contributed by atoms with E-state index in [1.807, 2.05) is 0 Å². The van der Waals surface area contributed by atoms with Gasteiger partial charge in [0.15, 0.2) is 11.6 Å². The van der Waals surface area contributed by atoms with E-state index in [1.54, 1.807) is 6.92 Å². The Kier molecular flexibility index (Phi) is 3.32. The molecule has 9 nitrogen and oxygen atoms in total. The second kappa shape index (κ2) is 5.20. The van der Waals surface area contributed by atoms with Gasteiger partial charge in [-0.2, -0.15) is 0 Å². The lowest BCUT2D eigenvalue weighted by molar-refractivity contribution is -0.385. The summed E-state index contributed by atoms with van der Waals surface area (Å²) >= 11 is 0. The van der Waals surface area contributed by atoms with Gasteiger partial charge in [-0.3, -0.25) is 19.5 Å². The number of carboxylic acid groups (broad SMARTS) is 1. The first-order valence-corrected chi connectivity index (χ1v) is 6.72. The number of carboxylic acids is 1. The maximum Gasteiger partial charge on any atom is 0.342 e. The summed E-state index contributed by atoms with van der Waals surface area (Å²) in [5.41, 5.74) is -0.654. The van der Waals surface area contributed by atoms with Gasteiger partial charge in [-0.15, -0.1) is 0 Å². The monoisotopic (exact) mass is 317 g/mol. The molecule has 0 aliphatic carbocycles. The van der Waals surface area contributed by atoms with Crippen LogP contribution in [0.1, 0.15) is 28.7 Å². The van der Waals surface area contributed by atoms with Gasteiger partial charge in [0.2, 0.25) is 0 Å². The van der Waals surface area contributed by atoms with Crippen molar-refractivity contribution in [1.82, 2.24) is 9.55 Å². The van der Waals surface area contributed by atoms with E-state index in [0.29, 0.717) is 12.0 Å². The normalized spacial score (nSPS) is 12.0. The Labute approximate surface area is 128 Å². The topological polar surface area (TPSA) is 125 Å². The Morgan fingerprint density at radius 2 is 2.26 bits per heavy atom. The number of aromatic carboxylic acids is 1. The van der Waals surface area contributed by atoms with Crippen molar-refractivity contribution in [3.63, 3.8) is 0 Å². The average molecular weight is 317 g/mol. The predicted molar refractivity (Wildman–Crippen MR) is 77.2 cm³/mol. The highest BCUT2D eigenvalue weighted by Crippen LogP contribution is 2.34. The number of aromatic nitrogens is 2. The van der Waals surface area contributed by atoms with Crippen molar-refractivity contribution in [2.24, 2.45) is 0 Å². The van der Waals surface area contributed by atoms with Crippen molar-refractivity contribution in [3.8, 4) is 11.4 Å². The van der Waals surface area contributed by atoms with Gasteiger partial charge in [0.05, 0.1) is 16.7 Å². The second-order valence-electron chi connectivity index (χ2n) is 4.88. The summed E-state index contributed by atoms with van der Waals surface area (Å²) in [6.45, 7) is 1.67. The van der Waals surface area contributed by atoms with Crippen LogP contribution < -0.4 is 10.3 Å². The molecule has 9 heteroatoms. The maximum absolute atomic E-state index is 12.4.